The normalized spacial score (nSPS) is 11.7. The number of halogens is 3. The molecule has 3 nitrogen and oxygen atoms in total. The molecule has 0 fully saturated rings. The Kier molecular flexibility index (Phi) is 1.91. The van der Waals surface area contributed by atoms with Gasteiger partial charge in [-0.15, -0.1) is 0 Å². The predicted molar refractivity (Wildman–Crippen MR) is 33.6 cm³/mol. The molecule has 0 atom stereocenters. The molecule has 0 bridgehead atoms. The zero-order valence-electron chi connectivity index (χ0n) is 6.09. The molecule has 0 unspecified atom stereocenters. The van der Waals surface area contributed by atoms with E-state index in [1.807, 2.05) is 0 Å². The number of imidazole rings is 1. The first-order valence-electron chi connectivity index (χ1n) is 3.04. The third-order valence-electron chi connectivity index (χ3n) is 1.29. The molecule has 0 aromatic carbocycles. The first kappa shape index (κ1) is 8.76. The van der Waals surface area contributed by atoms with Crippen molar-refractivity contribution in [2.45, 2.75) is 13.1 Å². The van der Waals surface area contributed by atoms with Crippen molar-refractivity contribution in [1.82, 2.24) is 9.55 Å². The molecular weight excluding hydrogens is 173 g/mol. The average Bonchev–Trinajstić information content (AvgIpc) is 2.31. The summed E-state index contributed by atoms with van der Waals surface area (Å²) >= 11 is 0. The molecule has 0 radical (unpaired) electrons. The second-order valence-corrected chi connectivity index (χ2v) is 2.15. The maximum atomic E-state index is 11.8. The highest BCUT2D eigenvalue weighted by Crippen LogP contribution is 2.17. The fourth-order valence-corrected chi connectivity index (χ4v) is 0.729. The molecular formula is C6H5F3N2O. The smallest absolute Gasteiger partial charge is 0.266 e. The van der Waals surface area contributed by atoms with Crippen LogP contribution in [-0.4, -0.2) is 21.6 Å². The summed E-state index contributed by atoms with van der Waals surface area (Å²) in [5, 5.41) is 0. The minimum atomic E-state index is -4.84. The fourth-order valence-electron chi connectivity index (χ4n) is 0.729. The summed E-state index contributed by atoms with van der Waals surface area (Å²) in [5.74, 6) is -1.89. The second-order valence-electron chi connectivity index (χ2n) is 2.15. The lowest BCUT2D eigenvalue weighted by Crippen LogP contribution is -2.29. The van der Waals surface area contributed by atoms with Gasteiger partial charge in [0.2, 0.25) is 0 Å². The minimum absolute atomic E-state index is 0.0253. The number of hydrogen-bond donors (Lipinski definition) is 0. The predicted octanol–water partition coefficient (Wildman–Crippen LogP) is 1.39. The third kappa shape index (κ3) is 1.46. The second kappa shape index (κ2) is 2.62. The summed E-state index contributed by atoms with van der Waals surface area (Å²) in [6, 6.07) is 0. The Labute approximate surface area is 65.8 Å². The van der Waals surface area contributed by atoms with E-state index < -0.39 is 12.1 Å². The maximum Gasteiger partial charge on any atom is 0.472 e. The van der Waals surface area contributed by atoms with Gasteiger partial charge in [0.15, 0.2) is 0 Å². The topological polar surface area (TPSA) is 34.9 Å². The van der Waals surface area contributed by atoms with Crippen molar-refractivity contribution in [3.63, 3.8) is 0 Å². The Morgan fingerprint density at radius 3 is 2.50 bits per heavy atom. The molecule has 0 N–H and O–H groups in total. The quantitative estimate of drug-likeness (QED) is 0.601. The number of carbonyl (C=O) groups excluding carboxylic acids is 1. The molecule has 6 heteroatoms. The van der Waals surface area contributed by atoms with Crippen LogP contribution in [0.1, 0.15) is 10.6 Å². The van der Waals surface area contributed by atoms with Crippen molar-refractivity contribution >= 4 is 5.91 Å². The van der Waals surface area contributed by atoms with Crippen LogP contribution in [0.3, 0.4) is 0 Å². The monoisotopic (exact) mass is 178 g/mol. The summed E-state index contributed by atoms with van der Waals surface area (Å²) in [7, 11) is 0. The first-order chi connectivity index (χ1) is 5.43. The third-order valence-corrected chi connectivity index (χ3v) is 1.29. The lowest BCUT2D eigenvalue weighted by molar-refractivity contribution is -0.0947. The van der Waals surface area contributed by atoms with E-state index in [9.17, 15) is 18.0 Å². The SMILES string of the molecule is Cc1nccn1C(=O)C(F)(F)F. The molecule has 0 aliphatic rings. The van der Waals surface area contributed by atoms with Crippen molar-refractivity contribution in [3.8, 4) is 0 Å². The highest BCUT2D eigenvalue weighted by Gasteiger charge is 2.40. The number of hydrogen-bond acceptors (Lipinski definition) is 2. The van der Waals surface area contributed by atoms with Gasteiger partial charge >= 0.3 is 12.1 Å². The van der Waals surface area contributed by atoms with Crippen molar-refractivity contribution in [2.75, 3.05) is 0 Å². The minimum Gasteiger partial charge on any atom is -0.266 e. The van der Waals surface area contributed by atoms with Crippen LogP contribution in [-0.2, 0) is 0 Å². The molecule has 66 valence electrons. The molecule has 1 heterocycles. The van der Waals surface area contributed by atoms with Crippen molar-refractivity contribution in [2.24, 2.45) is 0 Å². The van der Waals surface area contributed by atoms with Crippen LogP contribution in [0.25, 0.3) is 0 Å². The Morgan fingerprint density at radius 2 is 2.17 bits per heavy atom. The van der Waals surface area contributed by atoms with E-state index in [1.165, 1.54) is 6.92 Å². The molecule has 0 saturated carbocycles. The van der Waals surface area contributed by atoms with Gasteiger partial charge in [-0.3, -0.25) is 9.36 Å². The maximum absolute atomic E-state index is 11.8. The molecule has 1 rings (SSSR count). The highest BCUT2D eigenvalue weighted by molar-refractivity contribution is 5.84. The number of nitrogens with zero attached hydrogens (tertiary/aromatic N) is 2. The van der Waals surface area contributed by atoms with Crippen LogP contribution in [0.4, 0.5) is 13.2 Å². The van der Waals surface area contributed by atoms with Gasteiger partial charge in [-0.1, -0.05) is 0 Å². The van der Waals surface area contributed by atoms with Crippen LogP contribution >= 0.6 is 0 Å². The lowest BCUT2D eigenvalue weighted by Gasteiger charge is -2.05. The summed E-state index contributed by atoms with van der Waals surface area (Å²) in [6.07, 6.45) is -2.73. The van der Waals surface area contributed by atoms with Gasteiger partial charge in [0, 0.05) is 12.4 Å². The number of aromatic nitrogens is 2. The van der Waals surface area contributed by atoms with E-state index in [-0.39, 0.29) is 5.82 Å². The molecule has 0 saturated heterocycles. The summed E-state index contributed by atoms with van der Waals surface area (Å²) in [4.78, 5) is 14.0. The van der Waals surface area contributed by atoms with Crippen LogP contribution in [0.2, 0.25) is 0 Å². The molecule has 12 heavy (non-hydrogen) atoms. The van der Waals surface area contributed by atoms with E-state index in [0.717, 1.165) is 12.4 Å². The Hall–Kier alpha value is -1.33. The fraction of sp³-hybridized carbons (Fsp3) is 0.333. The van der Waals surface area contributed by atoms with Crippen LogP contribution in [0, 0.1) is 6.92 Å². The van der Waals surface area contributed by atoms with Gasteiger partial charge in [0.25, 0.3) is 0 Å². The Balaban J connectivity index is 3.01. The summed E-state index contributed by atoms with van der Waals surface area (Å²) in [5.41, 5.74) is 0. The van der Waals surface area contributed by atoms with Crippen LogP contribution in [0.15, 0.2) is 12.4 Å². The number of alkyl halides is 3. The molecule has 0 aliphatic heterocycles. The standard InChI is InChI=1S/C6H5F3N2O/c1-4-10-2-3-11(4)5(12)6(7,8)9/h2-3H,1H3. The van der Waals surface area contributed by atoms with Crippen molar-refractivity contribution in [1.29, 1.82) is 0 Å². The molecule has 0 spiro atoms. The largest absolute Gasteiger partial charge is 0.472 e. The van der Waals surface area contributed by atoms with E-state index in [1.54, 1.807) is 0 Å². The molecule has 0 amide bonds. The molecule has 1 aromatic rings. The van der Waals surface area contributed by atoms with Gasteiger partial charge in [-0.25, -0.2) is 4.98 Å². The van der Waals surface area contributed by atoms with Crippen LogP contribution < -0.4 is 0 Å². The Bertz CT molecular complexity index is 302. The molecule has 1 aromatic heterocycles. The summed E-state index contributed by atoms with van der Waals surface area (Å²) < 4.78 is 35.8. The van der Waals surface area contributed by atoms with Gasteiger partial charge in [0.05, 0.1) is 0 Å². The average molecular weight is 178 g/mol. The number of carbonyl (C=O) groups is 1. The number of rotatable bonds is 0. The van der Waals surface area contributed by atoms with Gasteiger partial charge in [0.1, 0.15) is 5.82 Å². The highest BCUT2D eigenvalue weighted by atomic mass is 19.4. The number of aryl methyl sites for hydroxylation is 1. The van der Waals surface area contributed by atoms with Crippen molar-refractivity contribution in [3.05, 3.63) is 18.2 Å². The van der Waals surface area contributed by atoms with Crippen LogP contribution in [0.5, 0.6) is 0 Å². The first-order valence-corrected chi connectivity index (χ1v) is 3.04. The van der Waals surface area contributed by atoms with E-state index in [0.29, 0.717) is 4.57 Å². The lowest BCUT2D eigenvalue weighted by atomic mass is 10.5. The van der Waals surface area contributed by atoms with Gasteiger partial charge in [-0.2, -0.15) is 13.2 Å². The van der Waals surface area contributed by atoms with E-state index >= 15 is 0 Å². The van der Waals surface area contributed by atoms with Crippen molar-refractivity contribution < 1.29 is 18.0 Å². The van der Waals surface area contributed by atoms with E-state index in [2.05, 4.69) is 4.98 Å². The zero-order chi connectivity index (χ0) is 9.35. The van der Waals surface area contributed by atoms with Gasteiger partial charge < -0.3 is 0 Å². The van der Waals surface area contributed by atoms with E-state index in [4.69, 9.17) is 0 Å². The van der Waals surface area contributed by atoms with Gasteiger partial charge in [-0.05, 0) is 6.92 Å². The Morgan fingerprint density at radius 1 is 1.58 bits per heavy atom. The zero-order valence-corrected chi connectivity index (χ0v) is 6.09. The molecule has 0 aliphatic carbocycles. The summed E-state index contributed by atoms with van der Waals surface area (Å²) in [6.45, 7) is 1.32.